The number of ether oxygens (including phenoxy) is 3. The maximum Gasteiger partial charge on any atom is 0.225 e. The number of thioether (sulfide) groups is 1. The van der Waals surface area contributed by atoms with Crippen LogP contribution in [0.3, 0.4) is 0 Å². The molecule has 2 aromatic carbocycles. The quantitative estimate of drug-likeness (QED) is 0.911. The molecule has 1 atom stereocenters. The lowest BCUT2D eigenvalue weighted by Crippen LogP contribution is -2.12. The van der Waals surface area contributed by atoms with Gasteiger partial charge < -0.3 is 19.5 Å². The van der Waals surface area contributed by atoms with Gasteiger partial charge in [0.05, 0.1) is 27.0 Å². The van der Waals surface area contributed by atoms with E-state index in [1.54, 1.807) is 33.1 Å². The molecule has 5 nitrogen and oxygen atoms in total. The highest BCUT2D eigenvalue weighted by Crippen LogP contribution is 2.47. The van der Waals surface area contributed by atoms with Gasteiger partial charge in [-0.25, -0.2) is 0 Å². The van der Waals surface area contributed by atoms with Gasteiger partial charge >= 0.3 is 0 Å². The lowest BCUT2D eigenvalue weighted by molar-refractivity contribution is -0.116. The monoisotopic (exact) mass is 345 g/mol. The largest absolute Gasteiger partial charge is 0.493 e. The Hall–Kier alpha value is -2.34. The molecule has 0 aliphatic carbocycles. The van der Waals surface area contributed by atoms with Crippen LogP contribution in [0, 0.1) is 0 Å². The third-order valence-corrected chi connectivity index (χ3v) is 5.19. The first-order valence-electron chi connectivity index (χ1n) is 7.51. The fraction of sp³-hybridized carbons (Fsp3) is 0.278. The van der Waals surface area contributed by atoms with E-state index in [0.717, 1.165) is 16.1 Å². The van der Waals surface area contributed by atoms with Crippen molar-refractivity contribution in [2.75, 3.05) is 26.6 Å². The molecule has 0 saturated carbocycles. The van der Waals surface area contributed by atoms with E-state index in [1.165, 1.54) is 0 Å². The van der Waals surface area contributed by atoms with Gasteiger partial charge in [0.1, 0.15) is 0 Å². The van der Waals surface area contributed by atoms with Gasteiger partial charge in [0.15, 0.2) is 11.5 Å². The van der Waals surface area contributed by atoms with Gasteiger partial charge in [-0.3, -0.25) is 4.79 Å². The van der Waals surface area contributed by atoms with Crippen LogP contribution in [0.4, 0.5) is 5.69 Å². The number of amides is 1. The number of nitrogens with one attached hydrogen (secondary N) is 1. The van der Waals surface area contributed by atoms with Crippen molar-refractivity contribution in [1.29, 1.82) is 0 Å². The molecule has 0 bridgehead atoms. The normalized spacial score (nSPS) is 16.6. The van der Waals surface area contributed by atoms with Crippen LogP contribution in [-0.4, -0.2) is 27.2 Å². The van der Waals surface area contributed by atoms with Crippen LogP contribution in [0.2, 0.25) is 0 Å². The summed E-state index contributed by atoms with van der Waals surface area (Å²) in [7, 11) is 4.75. The number of para-hydroxylation sites is 1. The molecular weight excluding hydrogens is 326 g/mol. The van der Waals surface area contributed by atoms with Gasteiger partial charge in [0, 0.05) is 16.6 Å². The molecule has 1 amide bonds. The molecular formula is C18H19NO4S. The molecule has 0 unspecified atom stereocenters. The second kappa shape index (κ2) is 7.05. The number of fused-ring (bicyclic) bond motifs is 1. The molecule has 0 fully saturated rings. The first-order valence-corrected chi connectivity index (χ1v) is 8.39. The van der Waals surface area contributed by atoms with Crippen molar-refractivity contribution in [3.8, 4) is 17.2 Å². The van der Waals surface area contributed by atoms with Crippen molar-refractivity contribution >= 4 is 23.4 Å². The van der Waals surface area contributed by atoms with Crippen LogP contribution in [0.15, 0.2) is 41.3 Å². The van der Waals surface area contributed by atoms with Crippen molar-refractivity contribution in [2.45, 2.75) is 16.6 Å². The Morgan fingerprint density at radius 2 is 1.71 bits per heavy atom. The predicted molar refractivity (Wildman–Crippen MR) is 94.4 cm³/mol. The van der Waals surface area contributed by atoms with Crippen molar-refractivity contribution in [2.24, 2.45) is 0 Å². The number of methoxy groups -OCH3 is 3. The molecule has 3 rings (SSSR count). The zero-order valence-corrected chi connectivity index (χ0v) is 14.6. The lowest BCUT2D eigenvalue weighted by atomic mass is 10.1. The first kappa shape index (κ1) is 16.5. The van der Waals surface area contributed by atoms with Gasteiger partial charge in [-0.05, 0) is 29.8 Å². The van der Waals surface area contributed by atoms with Crippen LogP contribution in [0.1, 0.15) is 17.2 Å². The van der Waals surface area contributed by atoms with Crippen molar-refractivity contribution in [1.82, 2.24) is 0 Å². The summed E-state index contributed by atoms with van der Waals surface area (Å²) in [4.78, 5) is 13.3. The number of carbonyl (C=O) groups excluding carboxylic acids is 1. The fourth-order valence-electron chi connectivity index (χ4n) is 2.71. The van der Waals surface area contributed by atoms with E-state index in [0.29, 0.717) is 23.7 Å². The Labute approximate surface area is 145 Å². The summed E-state index contributed by atoms with van der Waals surface area (Å²) >= 11 is 1.65. The van der Waals surface area contributed by atoms with Crippen molar-refractivity contribution in [3.05, 3.63) is 42.0 Å². The zero-order valence-electron chi connectivity index (χ0n) is 13.8. The van der Waals surface area contributed by atoms with Crippen molar-refractivity contribution < 1.29 is 19.0 Å². The summed E-state index contributed by atoms with van der Waals surface area (Å²) in [6.45, 7) is 0. The highest BCUT2D eigenvalue weighted by molar-refractivity contribution is 7.99. The Balaban J connectivity index is 2.03. The first-order chi connectivity index (χ1) is 11.7. The second-order valence-corrected chi connectivity index (χ2v) is 6.56. The lowest BCUT2D eigenvalue weighted by Gasteiger charge is -2.18. The van der Waals surface area contributed by atoms with E-state index >= 15 is 0 Å². The minimum Gasteiger partial charge on any atom is -0.493 e. The molecule has 126 valence electrons. The standard InChI is InChI=1S/C18H19NO4S/c1-21-13-8-11(9-14(22-2)18(13)23-3)16-10-17(20)19-12-6-4-5-7-15(12)24-16/h4-9,16H,10H2,1-3H3,(H,19,20)/t16-/m0/s1. The Morgan fingerprint density at radius 3 is 2.33 bits per heavy atom. The summed E-state index contributed by atoms with van der Waals surface area (Å²) in [5, 5.41) is 2.92. The molecule has 24 heavy (non-hydrogen) atoms. The Morgan fingerprint density at radius 1 is 1.04 bits per heavy atom. The predicted octanol–water partition coefficient (Wildman–Crippen LogP) is 3.89. The Bertz CT molecular complexity index is 737. The molecule has 1 heterocycles. The van der Waals surface area contributed by atoms with E-state index in [4.69, 9.17) is 14.2 Å². The van der Waals surface area contributed by atoms with E-state index in [1.807, 2.05) is 36.4 Å². The summed E-state index contributed by atoms with van der Waals surface area (Å²) in [5.41, 5.74) is 1.81. The molecule has 0 radical (unpaired) electrons. The van der Waals surface area contributed by atoms with Gasteiger partial charge in [0.2, 0.25) is 11.7 Å². The summed E-state index contributed by atoms with van der Waals surface area (Å²) in [6, 6.07) is 11.6. The van der Waals surface area contributed by atoms with Crippen LogP contribution in [-0.2, 0) is 4.79 Å². The van der Waals surface area contributed by atoms with E-state index in [9.17, 15) is 4.79 Å². The average molecular weight is 345 g/mol. The number of hydrogen-bond acceptors (Lipinski definition) is 5. The third kappa shape index (κ3) is 3.14. The molecule has 1 N–H and O–H groups in total. The van der Waals surface area contributed by atoms with Crippen LogP contribution in [0.25, 0.3) is 0 Å². The maximum absolute atomic E-state index is 12.2. The summed E-state index contributed by atoms with van der Waals surface area (Å²) in [6.07, 6.45) is 0.373. The van der Waals surface area contributed by atoms with Crippen LogP contribution >= 0.6 is 11.8 Å². The van der Waals surface area contributed by atoms with Crippen molar-refractivity contribution in [3.63, 3.8) is 0 Å². The average Bonchev–Trinajstić information content (AvgIpc) is 2.78. The van der Waals surface area contributed by atoms with E-state index in [-0.39, 0.29) is 11.2 Å². The van der Waals surface area contributed by atoms with Gasteiger partial charge in [-0.15, -0.1) is 11.8 Å². The molecule has 0 saturated heterocycles. The summed E-state index contributed by atoms with van der Waals surface area (Å²) in [5.74, 6) is 1.72. The third-order valence-electron chi connectivity index (χ3n) is 3.86. The SMILES string of the molecule is COc1cc([C@@H]2CC(=O)Nc3ccccc3S2)cc(OC)c1OC. The molecule has 0 spiro atoms. The number of benzene rings is 2. The highest BCUT2D eigenvalue weighted by Gasteiger charge is 2.25. The molecule has 2 aromatic rings. The van der Waals surface area contributed by atoms with Gasteiger partial charge in [-0.1, -0.05) is 12.1 Å². The number of rotatable bonds is 4. The second-order valence-electron chi connectivity index (χ2n) is 5.31. The fourth-order valence-corrected chi connectivity index (χ4v) is 3.93. The number of anilines is 1. The van der Waals surface area contributed by atoms with E-state index < -0.39 is 0 Å². The minimum absolute atomic E-state index is 0.00815. The molecule has 6 heteroatoms. The van der Waals surface area contributed by atoms with Crippen LogP contribution in [0.5, 0.6) is 17.2 Å². The summed E-state index contributed by atoms with van der Waals surface area (Å²) < 4.78 is 16.2. The van der Waals surface area contributed by atoms with Crippen LogP contribution < -0.4 is 19.5 Å². The maximum atomic E-state index is 12.2. The zero-order chi connectivity index (χ0) is 17.1. The highest BCUT2D eigenvalue weighted by atomic mass is 32.2. The molecule has 0 aromatic heterocycles. The smallest absolute Gasteiger partial charge is 0.225 e. The van der Waals surface area contributed by atoms with E-state index in [2.05, 4.69) is 5.32 Å². The Kier molecular flexibility index (Phi) is 4.85. The van der Waals surface area contributed by atoms with Gasteiger partial charge in [0.25, 0.3) is 0 Å². The number of hydrogen-bond donors (Lipinski definition) is 1. The molecule has 1 aliphatic heterocycles. The topological polar surface area (TPSA) is 56.8 Å². The number of carbonyl (C=O) groups is 1. The van der Waals surface area contributed by atoms with Gasteiger partial charge in [-0.2, -0.15) is 0 Å². The minimum atomic E-state index is -0.0395. The molecule has 1 aliphatic rings.